The largest absolute Gasteiger partial charge is 0.480 e. The predicted octanol–water partition coefficient (Wildman–Crippen LogP) is 3.44. The van der Waals surface area contributed by atoms with Crippen LogP contribution in [0.5, 0.6) is 0 Å². The maximum Gasteiger partial charge on any atom is 0.411 e. The molecular weight excluding hydrogens is 231 g/mol. The van der Waals surface area contributed by atoms with Gasteiger partial charge in [-0.3, -0.25) is 0 Å². The summed E-state index contributed by atoms with van der Waals surface area (Å²) in [5, 5.41) is 0. The molecule has 0 rings (SSSR count). The highest BCUT2D eigenvalue weighted by molar-refractivity contribution is 7.96. The van der Waals surface area contributed by atoms with E-state index in [9.17, 15) is 9.18 Å². The Balaban J connectivity index is 4.18. The Hall–Kier alpha value is -0.780. The zero-order chi connectivity index (χ0) is 12.6. The van der Waals surface area contributed by atoms with Crippen LogP contribution in [0.2, 0.25) is 0 Å². The Labute approximate surface area is 101 Å². The van der Waals surface area contributed by atoms with Crippen LogP contribution in [-0.4, -0.2) is 30.0 Å². The third-order valence-corrected chi connectivity index (χ3v) is 2.39. The molecule has 0 aromatic rings. The molecule has 0 unspecified atom stereocenters. The second-order valence-corrected chi connectivity index (χ2v) is 4.51. The number of rotatable bonds is 6. The number of carbonyl (C=O) groups excluding carboxylic acids is 1. The molecule has 0 fully saturated rings. The first-order valence-corrected chi connectivity index (χ1v) is 6.03. The van der Waals surface area contributed by atoms with Gasteiger partial charge in [0.15, 0.2) is 5.90 Å². The first-order valence-electron chi connectivity index (χ1n) is 5.30. The quantitative estimate of drug-likeness (QED) is 0.181. The number of unbranched alkanes of at least 4 members (excludes halogenated alkanes) is 1. The minimum atomic E-state index is -1.52. The molecule has 94 valence electrons. The average Bonchev–Trinajstić information content (AvgIpc) is 2.21. The van der Waals surface area contributed by atoms with E-state index in [0.29, 0.717) is 12.5 Å². The number of ether oxygens (including phenoxy) is 1. The van der Waals surface area contributed by atoms with E-state index in [1.807, 2.05) is 13.8 Å². The molecule has 0 saturated carbocycles. The summed E-state index contributed by atoms with van der Waals surface area (Å²) in [5.74, 6) is 0.652. The number of hydrogen-bond acceptors (Lipinski definition) is 4. The van der Waals surface area contributed by atoms with Crippen LogP contribution >= 0.6 is 12.1 Å². The number of carbonyl (C=O) groups is 1. The van der Waals surface area contributed by atoms with E-state index in [2.05, 4.69) is 11.3 Å². The summed E-state index contributed by atoms with van der Waals surface area (Å²) in [6.07, 6.45) is 0.473. The van der Waals surface area contributed by atoms with Crippen LogP contribution in [0.3, 0.4) is 0 Å². The van der Waals surface area contributed by atoms with Crippen molar-refractivity contribution in [2.75, 3.05) is 13.7 Å². The van der Waals surface area contributed by atoms with E-state index >= 15 is 0 Å². The highest BCUT2D eigenvalue weighted by Crippen LogP contribution is 2.13. The molecule has 0 heterocycles. The molecule has 0 aliphatic carbocycles. The van der Waals surface area contributed by atoms with Gasteiger partial charge < -0.3 is 4.74 Å². The van der Waals surface area contributed by atoms with Gasteiger partial charge in [-0.25, -0.2) is 9.10 Å². The van der Waals surface area contributed by atoms with Crippen LogP contribution < -0.4 is 0 Å². The minimum Gasteiger partial charge on any atom is -0.480 e. The van der Waals surface area contributed by atoms with Crippen LogP contribution in [0.4, 0.5) is 9.18 Å². The van der Waals surface area contributed by atoms with Crippen LogP contribution in [0.15, 0.2) is 4.40 Å². The lowest BCUT2D eigenvalue weighted by molar-refractivity contribution is 0.209. The molecule has 0 atom stereocenters. The molecule has 6 heteroatoms. The minimum absolute atomic E-state index is 0.118. The van der Waals surface area contributed by atoms with Crippen molar-refractivity contribution in [3.8, 4) is 0 Å². The first kappa shape index (κ1) is 15.2. The SMILES string of the molecule is CCCCO/C(=N\SN(C)C(=O)F)C(C)C. The van der Waals surface area contributed by atoms with Crippen molar-refractivity contribution in [2.45, 2.75) is 33.6 Å². The maximum absolute atomic E-state index is 12.2. The van der Waals surface area contributed by atoms with Gasteiger partial charge in [0.2, 0.25) is 0 Å². The van der Waals surface area contributed by atoms with Crippen molar-refractivity contribution in [3.63, 3.8) is 0 Å². The molecule has 0 spiro atoms. The summed E-state index contributed by atoms with van der Waals surface area (Å²) in [4.78, 5) is 10.3. The van der Waals surface area contributed by atoms with Crippen molar-refractivity contribution >= 4 is 24.2 Å². The second-order valence-electron chi connectivity index (χ2n) is 3.62. The Morgan fingerprint density at radius 3 is 2.62 bits per heavy atom. The first-order chi connectivity index (χ1) is 7.49. The van der Waals surface area contributed by atoms with Gasteiger partial charge in [-0.2, -0.15) is 4.40 Å². The van der Waals surface area contributed by atoms with Gasteiger partial charge in [-0.1, -0.05) is 27.2 Å². The number of halogens is 1. The summed E-state index contributed by atoms with van der Waals surface area (Å²) in [5.41, 5.74) is 0. The molecule has 0 aromatic heterocycles. The molecule has 0 N–H and O–H groups in total. The lowest BCUT2D eigenvalue weighted by Gasteiger charge is -2.13. The molecule has 0 radical (unpaired) electrons. The van der Waals surface area contributed by atoms with E-state index < -0.39 is 6.16 Å². The van der Waals surface area contributed by atoms with Crippen molar-refractivity contribution < 1.29 is 13.9 Å². The van der Waals surface area contributed by atoms with Crippen molar-refractivity contribution in [3.05, 3.63) is 0 Å². The lowest BCUT2D eigenvalue weighted by atomic mass is 10.2. The molecule has 0 bridgehead atoms. The summed E-state index contributed by atoms with van der Waals surface area (Å²) in [7, 11) is 1.32. The summed E-state index contributed by atoms with van der Waals surface area (Å²) < 4.78 is 22.5. The topological polar surface area (TPSA) is 41.9 Å². The van der Waals surface area contributed by atoms with Crippen LogP contribution in [0, 0.1) is 5.92 Å². The van der Waals surface area contributed by atoms with E-state index in [1.54, 1.807) is 0 Å². The standard InChI is InChI=1S/C10H19FN2O2S/c1-5-6-7-15-9(8(2)3)12-16-13(4)10(11)14/h8H,5-7H2,1-4H3/b12-9-. The van der Waals surface area contributed by atoms with Gasteiger partial charge >= 0.3 is 6.16 Å². The normalized spacial score (nSPS) is 11.8. The molecule has 16 heavy (non-hydrogen) atoms. The summed E-state index contributed by atoms with van der Waals surface area (Å²) in [6.45, 7) is 6.53. The smallest absolute Gasteiger partial charge is 0.411 e. The Kier molecular flexibility index (Phi) is 7.97. The number of amides is 1. The van der Waals surface area contributed by atoms with E-state index in [1.165, 1.54) is 7.05 Å². The van der Waals surface area contributed by atoms with Crippen LogP contribution in [0.1, 0.15) is 33.6 Å². The fraction of sp³-hybridized carbons (Fsp3) is 0.800. The van der Waals surface area contributed by atoms with Gasteiger partial charge in [0.05, 0.1) is 6.61 Å². The number of nitrogens with zero attached hydrogens (tertiary/aromatic N) is 2. The van der Waals surface area contributed by atoms with E-state index in [0.717, 1.165) is 29.3 Å². The van der Waals surface area contributed by atoms with Gasteiger partial charge in [0.1, 0.15) is 12.1 Å². The van der Waals surface area contributed by atoms with Crippen LogP contribution in [-0.2, 0) is 4.74 Å². The van der Waals surface area contributed by atoms with Crippen molar-refractivity contribution in [1.82, 2.24) is 4.31 Å². The average molecular weight is 250 g/mol. The summed E-state index contributed by atoms with van der Waals surface area (Å²) >= 11 is 0.751. The van der Waals surface area contributed by atoms with Gasteiger partial charge in [0.25, 0.3) is 0 Å². The van der Waals surface area contributed by atoms with Gasteiger partial charge in [-0.05, 0) is 6.42 Å². The zero-order valence-corrected chi connectivity index (χ0v) is 11.0. The fourth-order valence-corrected chi connectivity index (χ4v) is 1.28. The third-order valence-electron chi connectivity index (χ3n) is 1.74. The Bertz CT molecular complexity index is 247. The molecule has 4 nitrogen and oxygen atoms in total. The molecule has 0 aliphatic rings. The van der Waals surface area contributed by atoms with Crippen LogP contribution in [0.25, 0.3) is 0 Å². The zero-order valence-electron chi connectivity index (χ0n) is 10.2. The molecule has 0 saturated heterocycles. The maximum atomic E-state index is 12.2. The molecule has 0 aromatic carbocycles. The summed E-state index contributed by atoms with van der Waals surface area (Å²) in [6, 6.07) is 0. The Morgan fingerprint density at radius 1 is 1.56 bits per heavy atom. The van der Waals surface area contributed by atoms with Crippen molar-refractivity contribution in [1.29, 1.82) is 0 Å². The van der Waals surface area contributed by atoms with Gasteiger partial charge in [0, 0.05) is 13.0 Å². The Morgan fingerprint density at radius 2 is 2.19 bits per heavy atom. The van der Waals surface area contributed by atoms with E-state index in [-0.39, 0.29) is 5.92 Å². The van der Waals surface area contributed by atoms with E-state index in [4.69, 9.17) is 4.74 Å². The van der Waals surface area contributed by atoms with Crippen molar-refractivity contribution in [2.24, 2.45) is 10.3 Å². The second kappa shape index (κ2) is 8.38. The monoisotopic (exact) mass is 250 g/mol. The lowest BCUT2D eigenvalue weighted by Crippen LogP contribution is -2.16. The molecule has 1 amide bonds. The highest BCUT2D eigenvalue weighted by Gasteiger charge is 2.10. The molecular formula is C10H19FN2O2S. The third kappa shape index (κ3) is 6.66. The molecule has 0 aliphatic heterocycles. The highest BCUT2D eigenvalue weighted by atomic mass is 32.2. The predicted molar refractivity (Wildman–Crippen MR) is 65.0 cm³/mol. The fourth-order valence-electron chi connectivity index (χ4n) is 0.753. The number of hydrogen-bond donors (Lipinski definition) is 0. The van der Waals surface area contributed by atoms with Gasteiger partial charge in [-0.15, -0.1) is 4.39 Å².